The van der Waals surface area contributed by atoms with Gasteiger partial charge in [0.2, 0.25) is 5.88 Å². The molecule has 0 saturated carbocycles. The van der Waals surface area contributed by atoms with Gasteiger partial charge in [-0.05, 0) is 37.1 Å². The van der Waals surface area contributed by atoms with E-state index in [0.717, 1.165) is 16.9 Å². The van der Waals surface area contributed by atoms with Gasteiger partial charge in [0, 0.05) is 11.2 Å². The smallest absolute Gasteiger partial charge is 0.238 e. The number of nitrogens with zero attached hydrogens (tertiary/aromatic N) is 2. The number of hydrogen-bond donors (Lipinski definition) is 0. The zero-order chi connectivity index (χ0) is 13.1. The number of alkyl halides is 1. The minimum atomic E-state index is 0.308. The number of hydrogen-bond acceptors (Lipinski definition) is 3. The van der Waals surface area contributed by atoms with Crippen LogP contribution in [0.1, 0.15) is 16.8 Å². The third-order valence-electron chi connectivity index (χ3n) is 2.43. The van der Waals surface area contributed by atoms with E-state index < -0.39 is 0 Å². The quantitative estimate of drug-likeness (QED) is 0.789. The van der Waals surface area contributed by atoms with Crippen LogP contribution in [0.15, 0.2) is 24.5 Å². The van der Waals surface area contributed by atoms with E-state index in [1.54, 1.807) is 12.4 Å². The molecule has 0 amide bonds. The Labute approximate surface area is 116 Å². The van der Waals surface area contributed by atoms with Crippen molar-refractivity contribution in [3.63, 3.8) is 0 Å². The van der Waals surface area contributed by atoms with Crippen molar-refractivity contribution >= 4 is 23.2 Å². The predicted molar refractivity (Wildman–Crippen MR) is 72.6 cm³/mol. The van der Waals surface area contributed by atoms with Gasteiger partial charge in [-0.25, -0.2) is 4.98 Å². The predicted octanol–water partition coefficient (Wildman–Crippen LogP) is 4.28. The third-order valence-corrected chi connectivity index (χ3v) is 2.92. The average Bonchev–Trinajstić information content (AvgIpc) is 2.34. The molecule has 1 heterocycles. The molecule has 1 aromatic heterocycles. The van der Waals surface area contributed by atoms with Gasteiger partial charge < -0.3 is 4.74 Å². The van der Waals surface area contributed by atoms with Crippen LogP contribution in [0.2, 0.25) is 5.02 Å². The highest BCUT2D eigenvalue weighted by Gasteiger charge is 2.08. The van der Waals surface area contributed by atoms with Crippen LogP contribution in [0.3, 0.4) is 0 Å². The molecule has 0 saturated heterocycles. The van der Waals surface area contributed by atoms with Crippen molar-refractivity contribution in [1.29, 1.82) is 0 Å². The third kappa shape index (κ3) is 2.92. The molecule has 1 aromatic carbocycles. The molecular formula is C13H12Cl2N2O. The lowest BCUT2D eigenvalue weighted by atomic mass is 10.1. The Bertz CT molecular complexity index is 550. The molecule has 94 valence electrons. The lowest BCUT2D eigenvalue weighted by Gasteiger charge is -2.11. The summed E-state index contributed by atoms with van der Waals surface area (Å²) >= 11 is 11.7. The average molecular weight is 283 g/mol. The van der Waals surface area contributed by atoms with Crippen molar-refractivity contribution in [2.45, 2.75) is 19.7 Å². The number of aryl methyl sites for hydroxylation is 2. The largest absolute Gasteiger partial charge is 0.437 e. The van der Waals surface area contributed by atoms with Crippen LogP contribution in [0.4, 0.5) is 0 Å². The van der Waals surface area contributed by atoms with Gasteiger partial charge in [-0.1, -0.05) is 11.6 Å². The van der Waals surface area contributed by atoms with Crippen molar-refractivity contribution in [3.05, 3.63) is 46.4 Å². The molecule has 2 rings (SSSR count). The van der Waals surface area contributed by atoms with Crippen LogP contribution < -0.4 is 4.74 Å². The topological polar surface area (TPSA) is 35.0 Å². The van der Waals surface area contributed by atoms with Gasteiger partial charge >= 0.3 is 0 Å². The molecule has 0 aliphatic heterocycles. The minimum Gasteiger partial charge on any atom is -0.437 e. The van der Waals surface area contributed by atoms with E-state index in [1.807, 2.05) is 26.0 Å². The van der Waals surface area contributed by atoms with Crippen LogP contribution in [-0.4, -0.2) is 9.97 Å². The van der Waals surface area contributed by atoms with Gasteiger partial charge in [0.05, 0.1) is 17.8 Å². The van der Waals surface area contributed by atoms with Gasteiger partial charge in [0.25, 0.3) is 0 Å². The first-order valence-electron chi connectivity index (χ1n) is 5.41. The molecule has 18 heavy (non-hydrogen) atoms. The van der Waals surface area contributed by atoms with Gasteiger partial charge in [-0.15, -0.1) is 11.6 Å². The summed E-state index contributed by atoms with van der Waals surface area (Å²) in [5.74, 6) is 1.49. The molecule has 0 N–H and O–H groups in total. The van der Waals surface area contributed by atoms with Crippen molar-refractivity contribution in [3.8, 4) is 11.6 Å². The summed E-state index contributed by atoms with van der Waals surface area (Å²) in [7, 11) is 0. The van der Waals surface area contributed by atoms with E-state index in [4.69, 9.17) is 27.9 Å². The number of ether oxygens (including phenoxy) is 1. The fourth-order valence-electron chi connectivity index (χ4n) is 1.66. The van der Waals surface area contributed by atoms with Crippen molar-refractivity contribution < 1.29 is 4.74 Å². The zero-order valence-electron chi connectivity index (χ0n) is 10.1. The molecule has 5 heteroatoms. The lowest BCUT2D eigenvalue weighted by Crippen LogP contribution is -1.96. The Morgan fingerprint density at radius 2 is 1.83 bits per heavy atom. The molecule has 0 unspecified atom stereocenters. The molecule has 0 atom stereocenters. The normalized spacial score (nSPS) is 10.4. The maximum Gasteiger partial charge on any atom is 0.238 e. The van der Waals surface area contributed by atoms with E-state index in [2.05, 4.69) is 9.97 Å². The van der Waals surface area contributed by atoms with Crippen LogP contribution in [-0.2, 0) is 5.88 Å². The van der Waals surface area contributed by atoms with E-state index in [0.29, 0.717) is 22.5 Å². The minimum absolute atomic E-state index is 0.308. The summed E-state index contributed by atoms with van der Waals surface area (Å²) < 4.78 is 5.75. The summed E-state index contributed by atoms with van der Waals surface area (Å²) in [5.41, 5.74) is 2.59. The number of benzene rings is 1. The van der Waals surface area contributed by atoms with E-state index in [9.17, 15) is 0 Å². The highest BCUT2D eigenvalue weighted by Crippen LogP contribution is 2.30. The zero-order valence-corrected chi connectivity index (χ0v) is 11.6. The van der Waals surface area contributed by atoms with Crippen molar-refractivity contribution in [2.24, 2.45) is 0 Å². The Morgan fingerprint density at radius 3 is 2.44 bits per heavy atom. The Balaban J connectivity index is 2.33. The van der Waals surface area contributed by atoms with Gasteiger partial charge in [0.1, 0.15) is 5.75 Å². The molecule has 3 nitrogen and oxygen atoms in total. The van der Waals surface area contributed by atoms with E-state index >= 15 is 0 Å². The number of halogens is 2. The molecule has 0 spiro atoms. The van der Waals surface area contributed by atoms with Crippen molar-refractivity contribution in [2.75, 3.05) is 0 Å². The molecule has 0 bridgehead atoms. The number of rotatable bonds is 3. The molecule has 0 radical (unpaired) electrons. The van der Waals surface area contributed by atoms with Crippen molar-refractivity contribution in [1.82, 2.24) is 9.97 Å². The summed E-state index contributed by atoms with van der Waals surface area (Å²) in [6, 6.07) is 3.70. The Morgan fingerprint density at radius 1 is 1.17 bits per heavy atom. The molecule has 0 fully saturated rings. The molecule has 2 aromatic rings. The molecule has 0 aliphatic rings. The second-order valence-electron chi connectivity index (χ2n) is 3.95. The van der Waals surface area contributed by atoms with Gasteiger partial charge in [-0.2, -0.15) is 0 Å². The van der Waals surface area contributed by atoms with Gasteiger partial charge in [-0.3, -0.25) is 4.98 Å². The highest BCUT2D eigenvalue weighted by atomic mass is 35.5. The van der Waals surface area contributed by atoms with Crippen LogP contribution in [0, 0.1) is 13.8 Å². The summed E-state index contributed by atoms with van der Waals surface area (Å²) in [6.07, 6.45) is 3.17. The monoisotopic (exact) mass is 282 g/mol. The SMILES string of the molecule is Cc1cc(Cl)cc(C)c1Oc1cncc(CCl)n1. The van der Waals surface area contributed by atoms with E-state index in [-0.39, 0.29) is 0 Å². The van der Waals surface area contributed by atoms with Crippen LogP contribution >= 0.6 is 23.2 Å². The summed E-state index contributed by atoms with van der Waals surface area (Å²) in [6.45, 7) is 3.88. The maximum atomic E-state index is 5.97. The summed E-state index contributed by atoms with van der Waals surface area (Å²) in [4.78, 5) is 8.27. The first kappa shape index (κ1) is 13.1. The fraction of sp³-hybridized carbons (Fsp3) is 0.231. The first-order valence-corrected chi connectivity index (χ1v) is 6.33. The molecular weight excluding hydrogens is 271 g/mol. The number of aromatic nitrogens is 2. The lowest BCUT2D eigenvalue weighted by molar-refractivity contribution is 0.451. The Kier molecular flexibility index (Phi) is 4.04. The molecule has 0 aliphatic carbocycles. The first-order chi connectivity index (χ1) is 8.60. The van der Waals surface area contributed by atoms with Gasteiger partial charge in [0.15, 0.2) is 0 Å². The Hall–Kier alpha value is -1.32. The fourth-order valence-corrected chi connectivity index (χ4v) is 2.12. The summed E-state index contributed by atoms with van der Waals surface area (Å²) in [5, 5.41) is 0.693. The second kappa shape index (κ2) is 5.55. The second-order valence-corrected chi connectivity index (χ2v) is 4.66. The highest BCUT2D eigenvalue weighted by molar-refractivity contribution is 6.30. The van der Waals surface area contributed by atoms with E-state index in [1.165, 1.54) is 0 Å². The standard InChI is InChI=1S/C13H12Cl2N2O/c1-8-3-10(15)4-9(2)13(8)18-12-7-16-6-11(5-14)17-12/h3-4,6-7H,5H2,1-2H3. The van der Waals surface area contributed by atoms with Crippen LogP contribution in [0.25, 0.3) is 0 Å². The van der Waals surface area contributed by atoms with Crippen LogP contribution in [0.5, 0.6) is 11.6 Å². The maximum absolute atomic E-state index is 5.97.